The molecule has 0 aliphatic carbocycles. The molecule has 39 heavy (non-hydrogen) atoms. The molecule has 1 aliphatic heterocycles. The predicted molar refractivity (Wildman–Crippen MR) is 137 cm³/mol. The minimum absolute atomic E-state index is 0.00901. The van der Waals surface area contributed by atoms with Gasteiger partial charge in [-0.3, -0.25) is 4.79 Å². The van der Waals surface area contributed by atoms with E-state index >= 15 is 0 Å². The van der Waals surface area contributed by atoms with Crippen LogP contribution in [0.25, 0.3) is 0 Å². The number of carbonyl (C=O) groups excluding carboxylic acids is 3. The lowest BCUT2D eigenvalue weighted by Gasteiger charge is -2.29. The molecule has 1 fully saturated rings. The van der Waals surface area contributed by atoms with Crippen molar-refractivity contribution in [3.05, 3.63) is 71.8 Å². The second-order valence-corrected chi connectivity index (χ2v) is 8.95. The third-order valence-electron chi connectivity index (χ3n) is 6.03. The number of aliphatic carboxylic acids is 1. The van der Waals surface area contributed by atoms with Crippen molar-refractivity contribution in [2.75, 3.05) is 6.54 Å². The summed E-state index contributed by atoms with van der Waals surface area (Å²) in [6, 6.07) is 16.1. The number of aliphatic hydroxyl groups excluding tert-OH is 1. The van der Waals surface area contributed by atoms with Crippen molar-refractivity contribution < 1.29 is 43.6 Å². The number of hydrogen-bond acceptors (Lipinski definition) is 9. The highest BCUT2D eigenvalue weighted by Gasteiger charge is 2.42. The van der Waals surface area contributed by atoms with Gasteiger partial charge in [0.25, 0.3) is 0 Å². The normalized spacial score (nSPS) is 19.1. The zero-order valence-electron chi connectivity index (χ0n) is 21.3. The van der Waals surface area contributed by atoms with E-state index in [0.29, 0.717) is 35.4 Å². The molecule has 0 unspecified atom stereocenters. The number of nitrogens with zero attached hydrogens (tertiary/aromatic N) is 1. The Balaban J connectivity index is 1.81. The number of amides is 3. The Kier molecular flexibility index (Phi) is 11.2. The van der Waals surface area contributed by atoms with E-state index in [1.54, 1.807) is 60.7 Å². The van der Waals surface area contributed by atoms with Gasteiger partial charge in [-0.1, -0.05) is 60.7 Å². The van der Waals surface area contributed by atoms with Crippen LogP contribution in [0.4, 0.5) is 9.59 Å². The fourth-order valence-electron chi connectivity index (χ4n) is 3.96. The first-order valence-corrected chi connectivity index (χ1v) is 12.6. The number of carboxylic acids is 1. The largest absolute Gasteiger partial charge is 0.479 e. The van der Waals surface area contributed by atoms with Crippen molar-refractivity contribution in [2.24, 2.45) is 5.73 Å². The van der Waals surface area contributed by atoms with Crippen molar-refractivity contribution in [3.8, 4) is 0 Å². The molecule has 3 rings (SSSR count). The molecule has 12 heteroatoms. The van der Waals surface area contributed by atoms with Gasteiger partial charge in [0.1, 0.15) is 25.4 Å². The van der Waals surface area contributed by atoms with Crippen LogP contribution in [0, 0.1) is 0 Å². The fraction of sp³-hybridized carbons (Fsp3) is 0.407. The third-order valence-corrected chi connectivity index (χ3v) is 6.03. The molecule has 0 aromatic heterocycles. The average molecular weight is 544 g/mol. The van der Waals surface area contributed by atoms with E-state index in [4.69, 9.17) is 19.9 Å². The molecule has 5 N–H and O–H groups in total. The topological polar surface area (TPSA) is 178 Å². The van der Waals surface area contributed by atoms with Crippen LogP contribution in [-0.2, 0) is 37.0 Å². The molecule has 1 heterocycles. The number of imide groups is 1. The molecule has 0 spiro atoms. The van der Waals surface area contributed by atoms with E-state index in [0.717, 1.165) is 0 Å². The summed E-state index contributed by atoms with van der Waals surface area (Å²) in [5.74, 6) is -2.14. The van der Waals surface area contributed by atoms with E-state index in [9.17, 15) is 29.4 Å². The second-order valence-electron chi connectivity index (χ2n) is 8.95. The molecular weight excluding hydrogens is 510 g/mol. The van der Waals surface area contributed by atoms with Crippen LogP contribution in [0.1, 0.15) is 36.8 Å². The van der Waals surface area contributed by atoms with Crippen LogP contribution in [0.3, 0.4) is 0 Å². The Bertz CT molecular complexity index is 1040. The number of carbonyl (C=O) groups is 4. The molecular formula is C27H33N3O9. The summed E-state index contributed by atoms with van der Waals surface area (Å²) < 4.78 is 16.0. The van der Waals surface area contributed by atoms with Crippen molar-refractivity contribution >= 4 is 24.1 Å². The van der Waals surface area contributed by atoms with E-state index in [1.165, 1.54) is 0 Å². The number of nitrogens with one attached hydrogen (secondary N) is 1. The summed E-state index contributed by atoms with van der Waals surface area (Å²) in [6.07, 6.45) is -5.55. The Hall–Kier alpha value is -4.00. The number of nitrogens with two attached hydrogens (primary N) is 1. The van der Waals surface area contributed by atoms with Crippen LogP contribution in [0.5, 0.6) is 0 Å². The lowest BCUT2D eigenvalue weighted by molar-refractivity contribution is -0.152. The van der Waals surface area contributed by atoms with Crippen molar-refractivity contribution in [2.45, 2.75) is 63.4 Å². The maximum absolute atomic E-state index is 13.4. The number of rotatable bonds is 12. The summed E-state index contributed by atoms with van der Waals surface area (Å²) in [5, 5.41) is 21.8. The minimum atomic E-state index is -1.41. The Morgan fingerprint density at radius 2 is 1.49 bits per heavy atom. The van der Waals surface area contributed by atoms with Gasteiger partial charge in [-0.2, -0.15) is 4.90 Å². The van der Waals surface area contributed by atoms with E-state index in [1.807, 2.05) is 0 Å². The van der Waals surface area contributed by atoms with Gasteiger partial charge in [-0.15, -0.1) is 0 Å². The molecule has 1 saturated heterocycles. The number of unbranched alkanes of at least 4 members (excludes halogenated alkanes) is 1. The summed E-state index contributed by atoms with van der Waals surface area (Å²) in [6.45, 7) is -0.00989. The third kappa shape index (κ3) is 8.77. The fourth-order valence-corrected chi connectivity index (χ4v) is 3.96. The monoisotopic (exact) mass is 543 g/mol. The zero-order valence-corrected chi connectivity index (χ0v) is 21.3. The van der Waals surface area contributed by atoms with Crippen molar-refractivity contribution in [3.63, 3.8) is 0 Å². The van der Waals surface area contributed by atoms with Crippen molar-refractivity contribution in [1.29, 1.82) is 0 Å². The summed E-state index contributed by atoms with van der Waals surface area (Å²) in [7, 11) is 0. The van der Waals surface area contributed by atoms with Crippen LogP contribution in [0.15, 0.2) is 60.7 Å². The zero-order chi connectivity index (χ0) is 28.2. The molecule has 3 amide bonds. The summed E-state index contributed by atoms with van der Waals surface area (Å²) in [4.78, 5) is 51.7. The first-order valence-electron chi connectivity index (χ1n) is 12.6. The van der Waals surface area contributed by atoms with Gasteiger partial charge in [0.2, 0.25) is 5.91 Å². The molecule has 12 nitrogen and oxygen atoms in total. The average Bonchev–Trinajstić information content (AvgIpc) is 3.31. The SMILES string of the molecule is NCCCC[C@@H](C(=O)N[C@@H]1O[C@H](C(=O)O)C[C@H]1O)N(C(=O)OCc1ccccc1)C(=O)OCc1ccccc1. The number of carboxylic acid groups (broad SMARTS) is 1. The molecule has 1 aliphatic rings. The first kappa shape index (κ1) is 29.6. The maximum Gasteiger partial charge on any atom is 0.420 e. The first-order chi connectivity index (χ1) is 18.8. The lowest BCUT2D eigenvalue weighted by Crippen LogP contribution is -2.55. The standard InChI is InChI=1S/C27H33N3O9/c28-14-8-7-13-20(23(32)29-24-21(31)15-22(39-24)25(33)34)30(26(35)37-16-18-9-3-1-4-10-18)27(36)38-17-19-11-5-2-6-12-19/h1-6,9-12,20-22,24,31H,7-8,13-17,28H2,(H,29,32)(H,33,34)/t20-,21+,22-,24+/m0/s1. The molecule has 0 bridgehead atoms. The van der Waals surface area contributed by atoms with Gasteiger partial charge in [0, 0.05) is 6.42 Å². The minimum Gasteiger partial charge on any atom is -0.479 e. The molecule has 4 atom stereocenters. The van der Waals surface area contributed by atoms with Gasteiger partial charge in [0.05, 0.1) is 0 Å². The Labute approximate surface area is 225 Å². The number of hydrogen-bond donors (Lipinski definition) is 4. The quantitative estimate of drug-likeness (QED) is 0.290. The van der Waals surface area contributed by atoms with Gasteiger partial charge < -0.3 is 35.5 Å². The Morgan fingerprint density at radius 1 is 0.949 bits per heavy atom. The molecule has 210 valence electrons. The van der Waals surface area contributed by atoms with Gasteiger partial charge in [0.15, 0.2) is 12.3 Å². The number of benzene rings is 2. The van der Waals surface area contributed by atoms with E-state index in [2.05, 4.69) is 5.32 Å². The predicted octanol–water partition coefficient (Wildman–Crippen LogP) is 2.14. The molecule has 0 radical (unpaired) electrons. The molecule has 0 saturated carbocycles. The highest BCUT2D eigenvalue weighted by molar-refractivity contribution is 5.95. The van der Waals surface area contributed by atoms with E-state index < -0.39 is 48.5 Å². The van der Waals surface area contributed by atoms with Gasteiger partial charge in [-0.25, -0.2) is 14.4 Å². The highest BCUT2D eigenvalue weighted by atomic mass is 16.6. The summed E-state index contributed by atoms with van der Waals surface area (Å²) in [5.41, 5.74) is 6.92. The summed E-state index contributed by atoms with van der Waals surface area (Å²) >= 11 is 0. The number of ether oxygens (including phenoxy) is 3. The van der Waals surface area contributed by atoms with Gasteiger partial charge >= 0.3 is 18.2 Å². The number of aliphatic hydroxyl groups is 1. The Morgan fingerprint density at radius 3 is 1.95 bits per heavy atom. The highest BCUT2D eigenvalue weighted by Crippen LogP contribution is 2.21. The van der Waals surface area contributed by atoms with Crippen LogP contribution in [0.2, 0.25) is 0 Å². The van der Waals surface area contributed by atoms with Crippen molar-refractivity contribution in [1.82, 2.24) is 10.2 Å². The smallest absolute Gasteiger partial charge is 0.420 e. The lowest BCUT2D eigenvalue weighted by atomic mass is 10.1. The molecule has 2 aromatic rings. The van der Waals surface area contributed by atoms with Crippen LogP contribution < -0.4 is 11.1 Å². The molecule has 2 aromatic carbocycles. The van der Waals surface area contributed by atoms with Gasteiger partial charge in [-0.05, 0) is 36.9 Å². The van der Waals surface area contributed by atoms with E-state index in [-0.39, 0.29) is 26.1 Å². The second kappa shape index (κ2) is 14.8. The van der Waals surface area contributed by atoms with Crippen LogP contribution >= 0.6 is 0 Å². The maximum atomic E-state index is 13.4. The van der Waals surface area contributed by atoms with Crippen LogP contribution in [-0.4, -0.2) is 70.2 Å².